The maximum Gasteiger partial charge on any atom is 0.150 e. The van der Waals surface area contributed by atoms with Crippen LogP contribution in [0, 0.1) is 28.5 Å². The van der Waals surface area contributed by atoms with Crippen LogP contribution >= 0.6 is 0 Å². The highest BCUT2D eigenvalue weighted by molar-refractivity contribution is 5.60. The molecule has 1 fully saturated rings. The smallest absolute Gasteiger partial charge is 0.150 e. The van der Waals surface area contributed by atoms with Gasteiger partial charge in [-0.1, -0.05) is 12.5 Å². The first-order valence-corrected chi connectivity index (χ1v) is 6.96. The molecule has 0 atom stereocenters. The monoisotopic (exact) mass is 285 g/mol. The molecule has 5 heteroatoms. The van der Waals surface area contributed by atoms with Crippen molar-refractivity contribution >= 4 is 5.69 Å². The summed E-state index contributed by atoms with van der Waals surface area (Å²) in [7, 11) is 0. The Morgan fingerprint density at radius 2 is 1.95 bits per heavy atom. The molecular weight excluding hydrogens is 269 g/mol. The fourth-order valence-electron chi connectivity index (χ4n) is 2.34. The van der Waals surface area contributed by atoms with Crippen molar-refractivity contribution < 1.29 is 9.13 Å². The summed E-state index contributed by atoms with van der Waals surface area (Å²) < 4.78 is 19.8. The first-order valence-electron chi connectivity index (χ1n) is 6.96. The molecule has 1 aromatic carbocycles. The van der Waals surface area contributed by atoms with Gasteiger partial charge in [-0.25, -0.2) is 4.39 Å². The molecule has 1 aromatic rings. The van der Waals surface area contributed by atoms with Crippen molar-refractivity contribution in [2.45, 2.75) is 38.2 Å². The second-order valence-electron chi connectivity index (χ2n) is 4.92. The van der Waals surface area contributed by atoms with Crippen molar-refractivity contribution in [3.63, 3.8) is 0 Å². The molecule has 1 aliphatic rings. The third-order valence-corrected chi connectivity index (χ3v) is 3.42. The number of hydrogen-bond donors (Lipinski definition) is 1. The summed E-state index contributed by atoms with van der Waals surface area (Å²) >= 11 is 0. The predicted molar refractivity (Wildman–Crippen MR) is 76.8 cm³/mol. The lowest BCUT2D eigenvalue weighted by Gasteiger charge is -2.24. The maximum absolute atomic E-state index is 13.9. The zero-order valence-corrected chi connectivity index (χ0v) is 11.6. The topological polar surface area (TPSA) is 68.8 Å². The molecule has 0 bridgehead atoms. The SMILES string of the molecule is N#CC(C#N)=CNc1c(F)cccc1OC1CCCCC1. The molecule has 0 saturated heterocycles. The molecule has 108 valence electrons. The highest BCUT2D eigenvalue weighted by Crippen LogP contribution is 2.31. The van der Waals surface area contributed by atoms with E-state index in [4.69, 9.17) is 15.3 Å². The van der Waals surface area contributed by atoms with Gasteiger partial charge in [0, 0.05) is 6.20 Å². The third kappa shape index (κ3) is 3.97. The van der Waals surface area contributed by atoms with Gasteiger partial charge in [0.15, 0.2) is 0 Å². The largest absolute Gasteiger partial charge is 0.488 e. The fourth-order valence-corrected chi connectivity index (χ4v) is 2.34. The van der Waals surface area contributed by atoms with E-state index in [1.54, 1.807) is 24.3 Å². The molecule has 0 heterocycles. The molecule has 21 heavy (non-hydrogen) atoms. The van der Waals surface area contributed by atoms with Crippen molar-refractivity contribution in [3.05, 3.63) is 35.8 Å². The maximum atomic E-state index is 13.9. The summed E-state index contributed by atoms with van der Waals surface area (Å²) in [6, 6.07) is 8.01. The second-order valence-corrected chi connectivity index (χ2v) is 4.92. The van der Waals surface area contributed by atoms with Crippen LogP contribution in [0.4, 0.5) is 10.1 Å². The Morgan fingerprint density at radius 1 is 1.24 bits per heavy atom. The van der Waals surface area contributed by atoms with Crippen molar-refractivity contribution in [2.24, 2.45) is 0 Å². The summed E-state index contributed by atoms with van der Waals surface area (Å²) in [6.45, 7) is 0. The molecule has 0 unspecified atom stereocenters. The Kier molecular flexibility index (Phi) is 5.17. The average Bonchev–Trinajstić information content (AvgIpc) is 2.51. The number of ether oxygens (including phenoxy) is 1. The van der Waals surface area contributed by atoms with E-state index < -0.39 is 5.82 Å². The van der Waals surface area contributed by atoms with Crippen molar-refractivity contribution in [3.8, 4) is 17.9 Å². The van der Waals surface area contributed by atoms with Crippen LogP contribution in [-0.2, 0) is 0 Å². The van der Waals surface area contributed by atoms with Gasteiger partial charge in [-0.05, 0) is 37.8 Å². The number of halogens is 1. The molecule has 1 N–H and O–H groups in total. The summed E-state index contributed by atoms with van der Waals surface area (Å²) in [5.41, 5.74) is 0.0351. The highest BCUT2D eigenvalue weighted by atomic mass is 19.1. The Morgan fingerprint density at radius 3 is 2.62 bits per heavy atom. The third-order valence-electron chi connectivity index (χ3n) is 3.42. The number of para-hydroxylation sites is 1. The van der Waals surface area contributed by atoms with E-state index in [2.05, 4.69) is 5.32 Å². The van der Waals surface area contributed by atoms with Gasteiger partial charge in [-0.2, -0.15) is 10.5 Å². The van der Waals surface area contributed by atoms with Gasteiger partial charge < -0.3 is 10.1 Å². The molecule has 1 saturated carbocycles. The number of nitrogens with one attached hydrogen (secondary N) is 1. The number of nitrogens with zero attached hydrogens (tertiary/aromatic N) is 2. The van der Waals surface area contributed by atoms with Gasteiger partial charge in [0.05, 0.1) is 6.10 Å². The van der Waals surface area contributed by atoms with Gasteiger partial charge in [0.25, 0.3) is 0 Å². The highest BCUT2D eigenvalue weighted by Gasteiger charge is 2.17. The number of hydrogen-bond acceptors (Lipinski definition) is 4. The number of allylic oxidation sites excluding steroid dienone is 1. The molecule has 0 amide bonds. The first kappa shape index (κ1) is 14.9. The number of rotatable bonds is 4. The van der Waals surface area contributed by atoms with E-state index >= 15 is 0 Å². The molecule has 0 spiro atoms. The molecule has 1 aliphatic carbocycles. The van der Waals surface area contributed by atoms with Crippen LogP contribution in [0.2, 0.25) is 0 Å². The minimum absolute atomic E-state index is 0.0940. The zero-order chi connectivity index (χ0) is 15.1. The van der Waals surface area contributed by atoms with E-state index in [1.165, 1.54) is 18.7 Å². The van der Waals surface area contributed by atoms with Crippen LogP contribution in [0.3, 0.4) is 0 Å². The average molecular weight is 285 g/mol. The van der Waals surface area contributed by atoms with Crippen LogP contribution in [0.1, 0.15) is 32.1 Å². The molecule has 4 nitrogen and oxygen atoms in total. The Bertz CT molecular complexity index is 591. The molecule has 2 rings (SSSR count). The zero-order valence-electron chi connectivity index (χ0n) is 11.6. The lowest BCUT2D eigenvalue weighted by atomic mass is 9.98. The number of nitriles is 2. The van der Waals surface area contributed by atoms with Crippen LogP contribution in [0.15, 0.2) is 30.0 Å². The predicted octanol–water partition coefficient (Wildman–Crippen LogP) is 3.88. The van der Waals surface area contributed by atoms with E-state index in [0.29, 0.717) is 5.75 Å². The van der Waals surface area contributed by atoms with Gasteiger partial charge >= 0.3 is 0 Å². The van der Waals surface area contributed by atoms with E-state index in [1.807, 2.05) is 0 Å². The van der Waals surface area contributed by atoms with Crippen LogP contribution < -0.4 is 10.1 Å². The Labute approximate surface area is 123 Å². The van der Waals surface area contributed by atoms with Crippen LogP contribution in [0.25, 0.3) is 0 Å². The summed E-state index contributed by atoms with van der Waals surface area (Å²) in [5, 5.41) is 20.1. The lowest BCUT2D eigenvalue weighted by molar-refractivity contribution is 0.155. The minimum Gasteiger partial charge on any atom is -0.488 e. The molecule has 0 aromatic heterocycles. The van der Waals surface area contributed by atoms with Gasteiger partial charge in [-0.3, -0.25) is 0 Å². The summed E-state index contributed by atoms with van der Waals surface area (Å²) in [5.74, 6) is -0.0665. The fraction of sp³-hybridized carbons (Fsp3) is 0.375. The van der Waals surface area contributed by atoms with Crippen LogP contribution in [-0.4, -0.2) is 6.10 Å². The Hall–Kier alpha value is -2.53. The number of anilines is 1. The summed E-state index contributed by atoms with van der Waals surface area (Å²) in [4.78, 5) is 0. The second kappa shape index (κ2) is 7.31. The quantitative estimate of drug-likeness (QED) is 0.852. The lowest BCUT2D eigenvalue weighted by Crippen LogP contribution is -2.20. The normalized spacial score (nSPS) is 14.6. The van der Waals surface area contributed by atoms with Gasteiger partial charge in [0.1, 0.15) is 35.0 Å². The standard InChI is InChI=1S/C16H16FN3O/c17-14-7-4-8-15(21-13-5-2-1-3-6-13)16(14)20-11-12(9-18)10-19/h4,7-8,11,13,20H,1-3,5-6H2. The molecule has 0 radical (unpaired) electrons. The minimum atomic E-state index is -0.477. The molecular formula is C16H16FN3O. The van der Waals surface area contributed by atoms with Crippen LogP contribution in [0.5, 0.6) is 5.75 Å². The molecule has 0 aliphatic heterocycles. The Balaban J connectivity index is 2.18. The summed E-state index contributed by atoms with van der Waals surface area (Å²) in [6.07, 6.45) is 6.67. The van der Waals surface area contributed by atoms with Crippen molar-refractivity contribution in [1.82, 2.24) is 0 Å². The van der Waals surface area contributed by atoms with Gasteiger partial charge in [0.2, 0.25) is 0 Å². The van der Waals surface area contributed by atoms with E-state index in [0.717, 1.165) is 25.7 Å². The van der Waals surface area contributed by atoms with E-state index in [-0.39, 0.29) is 17.4 Å². The number of benzene rings is 1. The van der Waals surface area contributed by atoms with Crippen molar-refractivity contribution in [1.29, 1.82) is 10.5 Å². The van der Waals surface area contributed by atoms with Crippen molar-refractivity contribution in [2.75, 3.05) is 5.32 Å². The van der Waals surface area contributed by atoms with E-state index in [9.17, 15) is 4.39 Å². The first-order chi connectivity index (χ1) is 10.2. The van der Waals surface area contributed by atoms with Gasteiger partial charge in [-0.15, -0.1) is 0 Å².